The molecule has 1 fully saturated rings. The van der Waals surface area contributed by atoms with Crippen LogP contribution in [0.25, 0.3) is 11.0 Å². The van der Waals surface area contributed by atoms with Crippen molar-refractivity contribution in [3.05, 3.63) is 53.9 Å². The number of aryl methyl sites for hydroxylation is 1. The SMILES string of the molecule is Cc1ccc(S(=O)(=O)n2cc(B3OC(C)(C)C(C)(C)O3)c3nc(C#N)ccc32)cc1. The number of rotatable bonds is 3. The van der Waals surface area contributed by atoms with E-state index in [1.807, 2.05) is 40.7 Å². The van der Waals surface area contributed by atoms with Gasteiger partial charge in [-0.05, 0) is 58.9 Å². The van der Waals surface area contributed by atoms with Gasteiger partial charge in [0.1, 0.15) is 11.8 Å². The molecule has 0 bridgehead atoms. The molecule has 30 heavy (non-hydrogen) atoms. The lowest BCUT2D eigenvalue weighted by atomic mass is 9.80. The van der Waals surface area contributed by atoms with Crippen LogP contribution in [0.5, 0.6) is 0 Å². The Morgan fingerprint density at radius 1 is 1.03 bits per heavy atom. The van der Waals surface area contributed by atoms with E-state index in [1.165, 1.54) is 16.2 Å². The van der Waals surface area contributed by atoms with Crippen LogP contribution in [0, 0.1) is 18.3 Å². The molecule has 4 rings (SSSR count). The van der Waals surface area contributed by atoms with Crippen molar-refractivity contribution in [2.75, 3.05) is 0 Å². The van der Waals surface area contributed by atoms with Gasteiger partial charge in [-0.1, -0.05) is 17.7 Å². The molecule has 9 heteroatoms. The van der Waals surface area contributed by atoms with Crippen LogP contribution in [0.4, 0.5) is 0 Å². The molecule has 3 aromatic rings. The molecule has 1 saturated heterocycles. The number of fused-ring (bicyclic) bond motifs is 1. The Morgan fingerprint density at radius 2 is 1.63 bits per heavy atom. The fourth-order valence-electron chi connectivity index (χ4n) is 3.33. The number of aromatic nitrogens is 2. The molecule has 1 aliphatic rings. The first-order valence-corrected chi connectivity index (χ1v) is 11.0. The third-order valence-electron chi connectivity index (χ3n) is 5.84. The molecule has 0 radical (unpaired) electrons. The summed E-state index contributed by atoms with van der Waals surface area (Å²) < 4.78 is 40.2. The van der Waals surface area contributed by atoms with Crippen molar-refractivity contribution >= 4 is 33.6 Å². The second-order valence-electron chi connectivity index (χ2n) is 8.46. The number of nitriles is 1. The maximum atomic E-state index is 13.4. The predicted molar refractivity (Wildman–Crippen MR) is 114 cm³/mol. The Bertz CT molecular complexity index is 1270. The zero-order valence-corrected chi connectivity index (χ0v) is 18.3. The largest absolute Gasteiger partial charge is 0.498 e. The number of hydrogen-bond acceptors (Lipinski definition) is 6. The monoisotopic (exact) mass is 423 g/mol. The Kier molecular flexibility index (Phi) is 4.58. The fraction of sp³-hybridized carbons (Fsp3) is 0.333. The van der Waals surface area contributed by atoms with Crippen molar-refractivity contribution in [2.45, 2.75) is 50.7 Å². The number of nitrogens with zero attached hydrogens (tertiary/aromatic N) is 3. The molecule has 0 N–H and O–H groups in total. The standard InChI is InChI=1S/C21H22BN3O4S/c1-14-6-9-16(10-7-14)30(26,27)25-13-17(19-18(25)11-8-15(12-23)24-19)22-28-20(2,3)21(4,5)29-22/h6-11,13H,1-5H3. The second kappa shape index (κ2) is 6.67. The number of benzene rings is 1. The number of pyridine rings is 1. The Balaban J connectivity index is 1.93. The minimum absolute atomic E-state index is 0.162. The lowest BCUT2D eigenvalue weighted by molar-refractivity contribution is 0.00578. The summed E-state index contributed by atoms with van der Waals surface area (Å²) in [5.74, 6) is 0. The van der Waals surface area contributed by atoms with E-state index >= 15 is 0 Å². The molecule has 2 aromatic heterocycles. The van der Waals surface area contributed by atoms with Gasteiger partial charge < -0.3 is 9.31 Å². The minimum Gasteiger partial charge on any atom is -0.399 e. The maximum Gasteiger partial charge on any atom is 0.498 e. The van der Waals surface area contributed by atoms with Gasteiger partial charge in [0, 0.05) is 11.7 Å². The van der Waals surface area contributed by atoms with Gasteiger partial charge in [0.25, 0.3) is 10.0 Å². The van der Waals surface area contributed by atoms with Crippen LogP contribution in [0.1, 0.15) is 39.0 Å². The summed E-state index contributed by atoms with van der Waals surface area (Å²) in [6, 6.07) is 11.7. The van der Waals surface area contributed by atoms with E-state index in [0.717, 1.165) is 5.56 Å². The van der Waals surface area contributed by atoms with E-state index < -0.39 is 28.3 Å². The van der Waals surface area contributed by atoms with Gasteiger partial charge in [-0.2, -0.15) is 5.26 Å². The van der Waals surface area contributed by atoms with Gasteiger partial charge in [0.2, 0.25) is 0 Å². The molecule has 0 spiro atoms. The molecule has 0 amide bonds. The summed E-state index contributed by atoms with van der Waals surface area (Å²) in [7, 11) is -4.70. The van der Waals surface area contributed by atoms with Gasteiger partial charge in [-0.25, -0.2) is 17.4 Å². The first-order chi connectivity index (χ1) is 14.0. The van der Waals surface area contributed by atoms with Crippen molar-refractivity contribution in [1.82, 2.24) is 8.96 Å². The van der Waals surface area contributed by atoms with Gasteiger partial charge in [-0.15, -0.1) is 0 Å². The topological polar surface area (TPSA) is 94.2 Å². The van der Waals surface area contributed by atoms with Crippen LogP contribution in [0.15, 0.2) is 47.5 Å². The van der Waals surface area contributed by atoms with Gasteiger partial charge >= 0.3 is 7.12 Å². The Labute approximate surface area is 176 Å². The highest BCUT2D eigenvalue weighted by Gasteiger charge is 2.52. The second-order valence-corrected chi connectivity index (χ2v) is 10.3. The Morgan fingerprint density at radius 3 is 2.20 bits per heavy atom. The first-order valence-electron chi connectivity index (χ1n) is 9.56. The third kappa shape index (κ3) is 3.12. The molecule has 1 aromatic carbocycles. The van der Waals surface area contributed by atoms with Crippen molar-refractivity contribution < 1.29 is 17.7 Å². The molecule has 0 saturated carbocycles. The molecule has 0 atom stereocenters. The average molecular weight is 423 g/mol. The highest BCUT2D eigenvalue weighted by molar-refractivity contribution is 7.90. The van der Waals surface area contributed by atoms with E-state index in [9.17, 15) is 13.7 Å². The van der Waals surface area contributed by atoms with E-state index in [-0.39, 0.29) is 10.6 Å². The lowest BCUT2D eigenvalue weighted by Crippen LogP contribution is -2.41. The summed E-state index contributed by atoms with van der Waals surface area (Å²) in [4.78, 5) is 4.53. The molecular formula is C21H22BN3O4S. The first kappa shape index (κ1) is 20.6. The van der Waals surface area contributed by atoms with Crippen molar-refractivity contribution in [2.24, 2.45) is 0 Å². The van der Waals surface area contributed by atoms with Crippen LogP contribution in [0.2, 0.25) is 0 Å². The molecule has 1 aliphatic heterocycles. The summed E-state index contributed by atoms with van der Waals surface area (Å²) >= 11 is 0. The normalized spacial score (nSPS) is 17.9. The molecular weight excluding hydrogens is 401 g/mol. The summed E-state index contributed by atoms with van der Waals surface area (Å²) in [6.07, 6.45) is 1.48. The lowest BCUT2D eigenvalue weighted by Gasteiger charge is -2.32. The fourth-order valence-corrected chi connectivity index (χ4v) is 4.69. The van der Waals surface area contributed by atoms with E-state index in [2.05, 4.69) is 4.98 Å². The van der Waals surface area contributed by atoms with E-state index in [0.29, 0.717) is 16.5 Å². The molecule has 154 valence electrons. The third-order valence-corrected chi connectivity index (χ3v) is 7.53. The van der Waals surface area contributed by atoms with Gasteiger partial charge in [0.05, 0.1) is 27.1 Å². The zero-order valence-electron chi connectivity index (χ0n) is 17.5. The average Bonchev–Trinajstić information content (AvgIpc) is 3.16. The van der Waals surface area contributed by atoms with E-state index in [4.69, 9.17) is 9.31 Å². The quantitative estimate of drug-likeness (QED) is 0.602. The van der Waals surface area contributed by atoms with Crippen LogP contribution >= 0.6 is 0 Å². The Hall–Kier alpha value is -2.67. The smallest absolute Gasteiger partial charge is 0.399 e. The van der Waals surface area contributed by atoms with Crippen LogP contribution in [-0.2, 0) is 19.3 Å². The summed E-state index contributed by atoms with van der Waals surface area (Å²) in [6.45, 7) is 9.57. The summed E-state index contributed by atoms with van der Waals surface area (Å²) in [5.41, 5.74) is 1.14. The van der Waals surface area contributed by atoms with Crippen molar-refractivity contribution in [1.29, 1.82) is 5.26 Å². The number of hydrogen-bond donors (Lipinski definition) is 0. The molecule has 3 heterocycles. The molecule has 0 aliphatic carbocycles. The van der Waals surface area contributed by atoms with Gasteiger partial charge in [-0.3, -0.25) is 0 Å². The highest BCUT2D eigenvalue weighted by atomic mass is 32.2. The van der Waals surface area contributed by atoms with Crippen LogP contribution < -0.4 is 5.46 Å². The maximum absolute atomic E-state index is 13.4. The molecule has 7 nitrogen and oxygen atoms in total. The van der Waals surface area contributed by atoms with E-state index in [1.54, 1.807) is 30.3 Å². The van der Waals surface area contributed by atoms with Crippen LogP contribution in [-0.4, -0.2) is 35.7 Å². The van der Waals surface area contributed by atoms with Gasteiger partial charge in [0.15, 0.2) is 0 Å². The summed E-state index contributed by atoms with van der Waals surface area (Å²) in [5, 5.41) is 9.29. The van der Waals surface area contributed by atoms with Crippen LogP contribution in [0.3, 0.4) is 0 Å². The van der Waals surface area contributed by atoms with Crippen molar-refractivity contribution in [3.8, 4) is 6.07 Å². The predicted octanol–water partition coefficient (Wildman–Crippen LogP) is 2.75. The highest BCUT2D eigenvalue weighted by Crippen LogP contribution is 2.37. The molecule has 0 unspecified atom stereocenters. The zero-order chi connectivity index (χ0) is 21.9. The van der Waals surface area contributed by atoms with Crippen molar-refractivity contribution in [3.63, 3.8) is 0 Å². The minimum atomic E-state index is -3.89.